The molecule has 0 bridgehead atoms. The lowest BCUT2D eigenvalue weighted by Crippen LogP contribution is -2.23. The first-order valence-corrected chi connectivity index (χ1v) is 5.64. The summed E-state index contributed by atoms with van der Waals surface area (Å²) in [5.41, 5.74) is -0.155. The summed E-state index contributed by atoms with van der Waals surface area (Å²) in [4.78, 5) is 0. The van der Waals surface area contributed by atoms with E-state index in [1.54, 1.807) is 0 Å². The number of nitrogens with zero attached hydrogens (tertiary/aromatic N) is 1. The molecule has 0 saturated heterocycles. The molecule has 0 aromatic heterocycles. The number of hydrogen-bond donors (Lipinski definition) is 1. The molecule has 0 aliphatic heterocycles. The lowest BCUT2D eigenvalue weighted by Gasteiger charge is -2.15. The Morgan fingerprint density at radius 2 is 2.07 bits per heavy atom. The van der Waals surface area contributed by atoms with Crippen LogP contribution in [0.3, 0.4) is 0 Å². The number of nitriles is 1. The van der Waals surface area contributed by atoms with Crippen molar-refractivity contribution in [1.29, 1.82) is 5.26 Å². The highest BCUT2D eigenvalue weighted by atomic mass is 14.8. The smallest absolute Gasteiger partial charge is 0.0683 e. The molecule has 1 N–H and O–H groups in total. The molecule has 0 amide bonds. The van der Waals surface area contributed by atoms with Gasteiger partial charge in [0.15, 0.2) is 0 Å². The summed E-state index contributed by atoms with van der Waals surface area (Å²) in [6, 6.07) is 2.32. The van der Waals surface area contributed by atoms with Crippen LogP contribution in [0.1, 0.15) is 47.0 Å². The van der Waals surface area contributed by atoms with E-state index in [0.29, 0.717) is 0 Å². The van der Waals surface area contributed by atoms with Gasteiger partial charge >= 0.3 is 0 Å². The van der Waals surface area contributed by atoms with Crippen molar-refractivity contribution in [2.75, 3.05) is 13.1 Å². The van der Waals surface area contributed by atoms with Crippen LogP contribution in [0.2, 0.25) is 0 Å². The molecule has 1 unspecified atom stereocenters. The van der Waals surface area contributed by atoms with Gasteiger partial charge in [-0.2, -0.15) is 5.26 Å². The van der Waals surface area contributed by atoms with Gasteiger partial charge in [-0.15, -0.1) is 0 Å². The molecular weight excluding hydrogens is 172 g/mol. The maximum atomic E-state index is 8.81. The Labute approximate surface area is 88.7 Å². The summed E-state index contributed by atoms with van der Waals surface area (Å²) in [6.07, 6.45) is 3.31. The van der Waals surface area contributed by atoms with E-state index in [9.17, 15) is 0 Å². The SMILES string of the molecule is CCC(C)CNCCCC(C)(C)C#N. The van der Waals surface area contributed by atoms with E-state index in [-0.39, 0.29) is 5.41 Å². The van der Waals surface area contributed by atoms with Gasteiger partial charge in [-0.05, 0) is 45.7 Å². The van der Waals surface area contributed by atoms with Crippen molar-refractivity contribution in [3.8, 4) is 6.07 Å². The molecule has 0 aromatic rings. The quantitative estimate of drug-likeness (QED) is 0.635. The Morgan fingerprint density at radius 3 is 2.57 bits per heavy atom. The Balaban J connectivity index is 3.35. The second kappa shape index (κ2) is 6.84. The Hall–Kier alpha value is -0.550. The molecule has 0 aliphatic rings. The van der Waals surface area contributed by atoms with E-state index in [0.717, 1.165) is 31.8 Å². The number of hydrogen-bond acceptors (Lipinski definition) is 2. The summed E-state index contributed by atoms with van der Waals surface area (Å²) >= 11 is 0. The molecular formula is C12H24N2. The van der Waals surface area contributed by atoms with Crippen molar-refractivity contribution in [2.24, 2.45) is 11.3 Å². The lowest BCUT2D eigenvalue weighted by molar-refractivity contribution is 0.415. The molecule has 0 spiro atoms. The summed E-state index contributed by atoms with van der Waals surface area (Å²) < 4.78 is 0. The van der Waals surface area contributed by atoms with Crippen LogP contribution in [0.25, 0.3) is 0 Å². The van der Waals surface area contributed by atoms with Gasteiger partial charge in [0.25, 0.3) is 0 Å². The Bertz CT molecular complexity index is 179. The first kappa shape index (κ1) is 13.4. The lowest BCUT2D eigenvalue weighted by atomic mass is 9.90. The Kier molecular flexibility index (Phi) is 6.57. The molecule has 2 heteroatoms. The molecule has 2 nitrogen and oxygen atoms in total. The molecule has 1 atom stereocenters. The standard InChI is InChI=1S/C12H24N2/c1-5-11(2)9-14-8-6-7-12(3,4)10-13/h11,14H,5-9H2,1-4H3. The van der Waals surface area contributed by atoms with E-state index < -0.39 is 0 Å². The van der Waals surface area contributed by atoms with Gasteiger partial charge in [-0.25, -0.2) is 0 Å². The second-order valence-corrected chi connectivity index (χ2v) is 4.82. The molecule has 0 aliphatic carbocycles. The molecule has 0 fully saturated rings. The van der Waals surface area contributed by atoms with Gasteiger partial charge < -0.3 is 5.32 Å². The minimum absolute atomic E-state index is 0.155. The predicted molar refractivity (Wildman–Crippen MR) is 61.0 cm³/mol. The number of nitrogens with one attached hydrogen (secondary N) is 1. The zero-order chi connectivity index (χ0) is 11.0. The summed E-state index contributed by atoms with van der Waals surface area (Å²) in [5, 5.41) is 12.2. The first-order valence-electron chi connectivity index (χ1n) is 5.64. The van der Waals surface area contributed by atoms with Crippen LogP contribution < -0.4 is 5.32 Å². The van der Waals surface area contributed by atoms with E-state index in [4.69, 9.17) is 5.26 Å². The second-order valence-electron chi connectivity index (χ2n) is 4.82. The fourth-order valence-electron chi connectivity index (χ4n) is 1.20. The molecule has 0 radical (unpaired) electrons. The van der Waals surface area contributed by atoms with Gasteiger partial charge in [0.05, 0.1) is 11.5 Å². The highest BCUT2D eigenvalue weighted by Gasteiger charge is 2.15. The zero-order valence-corrected chi connectivity index (χ0v) is 10.1. The average molecular weight is 196 g/mol. The van der Waals surface area contributed by atoms with Crippen LogP contribution in [0.4, 0.5) is 0 Å². The van der Waals surface area contributed by atoms with Crippen LogP contribution in [-0.2, 0) is 0 Å². The minimum atomic E-state index is -0.155. The van der Waals surface area contributed by atoms with Gasteiger partial charge in [0, 0.05) is 0 Å². The third kappa shape index (κ3) is 6.91. The van der Waals surface area contributed by atoms with Crippen molar-refractivity contribution < 1.29 is 0 Å². The third-order valence-corrected chi connectivity index (χ3v) is 2.65. The van der Waals surface area contributed by atoms with E-state index in [1.165, 1.54) is 6.42 Å². The van der Waals surface area contributed by atoms with Crippen molar-refractivity contribution in [3.63, 3.8) is 0 Å². The molecule has 0 rings (SSSR count). The fraction of sp³-hybridized carbons (Fsp3) is 0.917. The van der Waals surface area contributed by atoms with E-state index >= 15 is 0 Å². The maximum Gasteiger partial charge on any atom is 0.0683 e. The van der Waals surface area contributed by atoms with Crippen molar-refractivity contribution >= 4 is 0 Å². The van der Waals surface area contributed by atoms with Gasteiger partial charge in [-0.1, -0.05) is 20.3 Å². The monoisotopic (exact) mass is 196 g/mol. The molecule has 0 saturated carbocycles. The topological polar surface area (TPSA) is 35.8 Å². The van der Waals surface area contributed by atoms with Crippen molar-refractivity contribution in [1.82, 2.24) is 5.32 Å². The van der Waals surface area contributed by atoms with Crippen LogP contribution in [0, 0.1) is 22.7 Å². The molecule has 0 heterocycles. The van der Waals surface area contributed by atoms with Crippen molar-refractivity contribution in [2.45, 2.75) is 47.0 Å². The highest BCUT2D eigenvalue weighted by molar-refractivity contribution is 4.91. The van der Waals surface area contributed by atoms with Crippen LogP contribution in [-0.4, -0.2) is 13.1 Å². The molecule has 82 valence electrons. The van der Waals surface area contributed by atoms with E-state index in [1.807, 2.05) is 13.8 Å². The van der Waals surface area contributed by atoms with Gasteiger partial charge in [-0.3, -0.25) is 0 Å². The van der Waals surface area contributed by atoms with E-state index in [2.05, 4.69) is 25.2 Å². The van der Waals surface area contributed by atoms with Crippen molar-refractivity contribution in [3.05, 3.63) is 0 Å². The average Bonchev–Trinajstić information content (AvgIpc) is 2.17. The Morgan fingerprint density at radius 1 is 1.43 bits per heavy atom. The highest BCUT2D eigenvalue weighted by Crippen LogP contribution is 2.19. The normalized spacial score (nSPS) is 13.6. The summed E-state index contributed by atoms with van der Waals surface area (Å²) in [7, 11) is 0. The van der Waals surface area contributed by atoms with Gasteiger partial charge in [0.1, 0.15) is 0 Å². The number of rotatable bonds is 7. The summed E-state index contributed by atoms with van der Waals surface area (Å²) in [5.74, 6) is 0.763. The van der Waals surface area contributed by atoms with Crippen LogP contribution in [0.15, 0.2) is 0 Å². The minimum Gasteiger partial charge on any atom is -0.316 e. The zero-order valence-electron chi connectivity index (χ0n) is 10.1. The molecule has 14 heavy (non-hydrogen) atoms. The predicted octanol–water partition coefficient (Wildman–Crippen LogP) is 2.95. The third-order valence-electron chi connectivity index (χ3n) is 2.65. The largest absolute Gasteiger partial charge is 0.316 e. The molecule has 0 aromatic carbocycles. The fourth-order valence-corrected chi connectivity index (χ4v) is 1.20. The summed E-state index contributed by atoms with van der Waals surface area (Å²) in [6.45, 7) is 10.6. The van der Waals surface area contributed by atoms with Crippen LogP contribution in [0.5, 0.6) is 0 Å². The maximum absolute atomic E-state index is 8.81. The first-order chi connectivity index (χ1) is 6.52. The van der Waals surface area contributed by atoms with Crippen LogP contribution >= 0.6 is 0 Å². The van der Waals surface area contributed by atoms with Gasteiger partial charge in [0.2, 0.25) is 0 Å².